The summed E-state index contributed by atoms with van der Waals surface area (Å²) in [5, 5.41) is 19.5. The van der Waals surface area contributed by atoms with E-state index in [1.807, 2.05) is 13.1 Å². The van der Waals surface area contributed by atoms with Gasteiger partial charge in [0.05, 0.1) is 30.7 Å². The molecule has 0 aromatic carbocycles. The van der Waals surface area contributed by atoms with Gasteiger partial charge in [0.1, 0.15) is 0 Å². The van der Waals surface area contributed by atoms with Crippen LogP contribution in [0.4, 0.5) is 0 Å². The van der Waals surface area contributed by atoms with Gasteiger partial charge in [-0.1, -0.05) is 12.1 Å². The maximum atomic E-state index is 5.02. The summed E-state index contributed by atoms with van der Waals surface area (Å²) in [7, 11) is 3.43. The average molecular weight is 262 g/mol. The van der Waals surface area contributed by atoms with E-state index in [1.54, 1.807) is 24.1 Å². The number of aryl methyl sites for hydroxylation is 1. The number of nitrogens with one attached hydrogen (secondary N) is 1. The van der Waals surface area contributed by atoms with Crippen molar-refractivity contribution < 1.29 is 4.74 Å². The van der Waals surface area contributed by atoms with Crippen LogP contribution in [0.15, 0.2) is 18.3 Å². The zero-order valence-corrected chi connectivity index (χ0v) is 11.4. The first-order chi connectivity index (χ1) is 9.26. The molecule has 102 valence electrons. The van der Waals surface area contributed by atoms with E-state index in [0.29, 0.717) is 5.88 Å². The molecule has 1 N–H and O–H groups in total. The molecular formula is C12H18N6O. The molecule has 0 saturated heterocycles. The Labute approximate surface area is 112 Å². The van der Waals surface area contributed by atoms with Crippen molar-refractivity contribution in [2.24, 2.45) is 7.05 Å². The van der Waals surface area contributed by atoms with Crippen LogP contribution in [0.25, 0.3) is 0 Å². The van der Waals surface area contributed by atoms with Gasteiger partial charge in [0.15, 0.2) is 0 Å². The van der Waals surface area contributed by atoms with E-state index in [1.165, 1.54) is 0 Å². The lowest BCUT2D eigenvalue weighted by Gasteiger charge is -2.17. The van der Waals surface area contributed by atoms with Gasteiger partial charge < -0.3 is 10.1 Å². The highest BCUT2D eigenvalue weighted by atomic mass is 16.5. The van der Waals surface area contributed by atoms with Crippen LogP contribution in [0.5, 0.6) is 5.88 Å². The minimum absolute atomic E-state index is 0.0710. The molecule has 7 nitrogen and oxygen atoms in total. The molecule has 0 spiro atoms. The van der Waals surface area contributed by atoms with Crippen molar-refractivity contribution in [2.75, 3.05) is 13.7 Å². The summed E-state index contributed by atoms with van der Waals surface area (Å²) in [6.07, 6.45) is 2.77. The highest BCUT2D eigenvalue weighted by molar-refractivity contribution is 5.21. The highest BCUT2D eigenvalue weighted by Crippen LogP contribution is 2.19. The van der Waals surface area contributed by atoms with Crippen molar-refractivity contribution in [3.05, 3.63) is 29.7 Å². The molecule has 0 aliphatic rings. The Bertz CT molecular complexity index is 509. The normalized spacial score (nSPS) is 12.4. The third-order valence-electron chi connectivity index (χ3n) is 2.81. The summed E-state index contributed by atoms with van der Waals surface area (Å²) in [5.74, 6) is 0.501. The Kier molecular flexibility index (Phi) is 4.40. The summed E-state index contributed by atoms with van der Waals surface area (Å²) in [5.41, 5.74) is 1.77. The lowest BCUT2D eigenvalue weighted by atomic mass is 10.1. The highest BCUT2D eigenvalue weighted by Gasteiger charge is 2.19. The largest absolute Gasteiger partial charge is 0.480 e. The van der Waals surface area contributed by atoms with Crippen molar-refractivity contribution in [1.29, 1.82) is 0 Å². The van der Waals surface area contributed by atoms with Crippen LogP contribution in [-0.2, 0) is 7.05 Å². The SMILES string of the molecule is CCCNC(c1ccc(OC)nn1)c1cnnn1C. The molecule has 1 unspecified atom stereocenters. The van der Waals surface area contributed by atoms with Gasteiger partial charge in [-0.05, 0) is 19.0 Å². The Morgan fingerprint density at radius 1 is 1.37 bits per heavy atom. The molecule has 7 heteroatoms. The smallest absolute Gasteiger partial charge is 0.233 e. The minimum atomic E-state index is -0.0710. The summed E-state index contributed by atoms with van der Waals surface area (Å²) < 4.78 is 6.76. The monoisotopic (exact) mass is 262 g/mol. The molecule has 0 saturated carbocycles. The number of rotatable bonds is 6. The molecular weight excluding hydrogens is 244 g/mol. The maximum Gasteiger partial charge on any atom is 0.233 e. The molecule has 1 atom stereocenters. The Morgan fingerprint density at radius 2 is 2.21 bits per heavy atom. The summed E-state index contributed by atoms with van der Waals surface area (Å²) in [4.78, 5) is 0. The molecule has 0 fully saturated rings. The third-order valence-corrected chi connectivity index (χ3v) is 2.81. The Morgan fingerprint density at radius 3 is 2.74 bits per heavy atom. The first kappa shape index (κ1) is 13.4. The predicted molar refractivity (Wildman–Crippen MR) is 69.7 cm³/mol. The fourth-order valence-corrected chi connectivity index (χ4v) is 1.80. The summed E-state index contributed by atoms with van der Waals surface area (Å²) >= 11 is 0. The van der Waals surface area contributed by atoms with E-state index < -0.39 is 0 Å². The number of hydrogen-bond acceptors (Lipinski definition) is 6. The number of nitrogens with zero attached hydrogens (tertiary/aromatic N) is 5. The van der Waals surface area contributed by atoms with Gasteiger partial charge in [0.2, 0.25) is 5.88 Å². The molecule has 0 aliphatic heterocycles. The molecule has 2 heterocycles. The molecule has 0 radical (unpaired) electrons. The van der Waals surface area contributed by atoms with Crippen LogP contribution < -0.4 is 10.1 Å². The standard InChI is InChI=1S/C12H18N6O/c1-4-7-13-12(10-8-14-17-18(10)2)9-5-6-11(19-3)16-15-9/h5-6,8,12-13H,4,7H2,1-3H3. The van der Waals surface area contributed by atoms with Gasteiger partial charge in [-0.3, -0.25) is 4.68 Å². The second-order valence-electron chi connectivity index (χ2n) is 4.17. The van der Waals surface area contributed by atoms with E-state index in [4.69, 9.17) is 4.74 Å². The lowest BCUT2D eigenvalue weighted by molar-refractivity contribution is 0.389. The van der Waals surface area contributed by atoms with Crippen molar-refractivity contribution in [3.8, 4) is 5.88 Å². The molecule has 0 amide bonds. The minimum Gasteiger partial charge on any atom is -0.480 e. The fourth-order valence-electron chi connectivity index (χ4n) is 1.80. The Hall–Kier alpha value is -2.02. The summed E-state index contributed by atoms with van der Waals surface area (Å²) in [6, 6.07) is 3.62. The van der Waals surface area contributed by atoms with E-state index in [-0.39, 0.29) is 6.04 Å². The van der Waals surface area contributed by atoms with Crippen LogP contribution in [0, 0.1) is 0 Å². The van der Waals surface area contributed by atoms with E-state index in [9.17, 15) is 0 Å². The number of hydrogen-bond donors (Lipinski definition) is 1. The van der Waals surface area contributed by atoms with Crippen molar-refractivity contribution >= 4 is 0 Å². The predicted octanol–water partition coefficient (Wildman–Crippen LogP) is 0.703. The van der Waals surface area contributed by atoms with Crippen molar-refractivity contribution in [3.63, 3.8) is 0 Å². The van der Waals surface area contributed by atoms with Crippen LogP contribution in [0.1, 0.15) is 30.8 Å². The van der Waals surface area contributed by atoms with Crippen LogP contribution in [-0.4, -0.2) is 38.8 Å². The second-order valence-corrected chi connectivity index (χ2v) is 4.17. The quantitative estimate of drug-likeness (QED) is 0.825. The Balaban J connectivity index is 2.28. The van der Waals surface area contributed by atoms with Crippen LogP contribution in [0.2, 0.25) is 0 Å². The van der Waals surface area contributed by atoms with Gasteiger partial charge in [-0.25, -0.2) is 0 Å². The molecule has 19 heavy (non-hydrogen) atoms. The lowest BCUT2D eigenvalue weighted by Crippen LogP contribution is -2.26. The van der Waals surface area contributed by atoms with E-state index >= 15 is 0 Å². The van der Waals surface area contributed by atoms with Gasteiger partial charge in [0, 0.05) is 13.1 Å². The van der Waals surface area contributed by atoms with E-state index in [0.717, 1.165) is 24.4 Å². The molecule has 2 aromatic rings. The van der Waals surface area contributed by atoms with Gasteiger partial charge in [-0.15, -0.1) is 15.3 Å². The molecule has 2 rings (SSSR count). The molecule has 2 aromatic heterocycles. The maximum absolute atomic E-state index is 5.02. The van der Waals surface area contributed by atoms with Crippen LogP contribution >= 0.6 is 0 Å². The number of ether oxygens (including phenoxy) is 1. The number of aromatic nitrogens is 5. The second kappa shape index (κ2) is 6.24. The first-order valence-corrected chi connectivity index (χ1v) is 6.21. The zero-order chi connectivity index (χ0) is 13.7. The van der Waals surface area contributed by atoms with Crippen molar-refractivity contribution in [2.45, 2.75) is 19.4 Å². The molecule has 0 bridgehead atoms. The summed E-state index contributed by atoms with van der Waals surface area (Å²) in [6.45, 7) is 2.99. The van der Waals surface area contributed by atoms with Gasteiger partial charge in [-0.2, -0.15) is 0 Å². The fraction of sp³-hybridized carbons (Fsp3) is 0.500. The van der Waals surface area contributed by atoms with Gasteiger partial charge in [0.25, 0.3) is 0 Å². The van der Waals surface area contributed by atoms with Crippen LogP contribution in [0.3, 0.4) is 0 Å². The van der Waals surface area contributed by atoms with Crippen molar-refractivity contribution in [1.82, 2.24) is 30.5 Å². The first-order valence-electron chi connectivity index (χ1n) is 6.21. The molecule has 0 aliphatic carbocycles. The average Bonchev–Trinajstić information content (AvgIpc) is 2.86. The zero-order valence-electron chi connectivity index (χ0n) is 11.4. The topological polar surface area (TPSA) is 77.8 Å². The third kappa shape index (κ3) is 3.05. The number of methoxy groups -OCH3 is 1. The van der Waals surface area contributed by atoms with E-state index in [2.05, 4.69) is 32.7 Å². The van der Waals surface area contributed by atoms with Gasteiger partial charge >= 0.3 is 0 Å².